The first-order valence-electron chi connectivity index (χ1n) is 11.6. The molecular weight excluding hydrogens is 432 g/mol. The summed E-state index contributed by atoms with van der Waals surface area (Å²) in [7, 11) is -3.85. The van der Waals surface area contributed by atoms with Crippen LogP contribution in [0.3, 0.4) is 0 Å². The minimum absolute atomic E-state index is 0.108. The standard InChI is InChI=1S/C28H36O4S/c1-21-11-14-25(15-12-21)33(30,31)32-19-18-28(5,29)24-10-6-9-23(20-24)13-16-26-22(2)8-7-17-27(26,3)4/h6,9-16,20,29H,7-8,17-19H2,1-5H3/b16-13+. The summed E-state index contributed by atoms with van der Waals surface area (Å²) in [5, 5.41) is 11.0. The molecule has 0 radical (unpaired) electrons. The van der Waals surface area contributed by atoms with Gasteiger partial charge in [0.2, 0.25) is 0 Å². The minimum atomic E-state index is -3.85. The number of benzene rings is 2. The van der Waals surface area contributed by atoms with Crippen LogP contribution in [0.5, 0.6) is 0 Å². The van der Waals surface area contributed by atoms with E-state index >= 15 is 0 Å². The van der Waals surface area contributed by atoms with E-state index in [1.54, 1.807) is 19.1 Å². The predicted octanol–water partition coefficient (Wildman–Crippen LogP) is 6.54. The number of rotatable bonds is 8. The van der Waals surface area contributed by atoms with E-state index in [1.807, 2.05) is 31.2 Å². The van der Waals surface area contributed by atoms with Gasteiger partial charge < -0.3 is 5.11 Å². The van der Waals surface area contributed by atoms with Crippen LogP contribution >= 0.6 is 0 Å². The highest BCUT2D eigenvalue weighted by atomic mass is 32.2. The van der Waals surface area contributed by atoms with Gasteiger partial charge in [-0.3, -0.25) is 4.18 Å². The number of hydrogen-bond acceptors (Lipinski definition) is 4. The molecule has 2 aromatic carbocycles. The molecule has 178 valence electrons. The Labute approximate surface area is 199 Å². The van der Waals surface area contributed by atoms with Gasteiger partial charge in [0.1, 0.15) is 0 Å². The van der Waals surface area contributed by atoms with Gasteiger partial charge in [-0.15, -0.1) is 0 Å². The molecule has 0 bridgehead atoms. The first-order valence-corrected chi connectivity index (χ1v) is 13.0. The zero-order valence-electron chi connectivity index (χ0n) is 20.4. The topological polar surface area (TPSA) is 63.6 Å². The van der Waals surface area contributed by atoms with Gasteiger partial charge in [0.05, 0.1) is 17.1 Å². The minimum Gasteiger partial charge on any atom is -0.385 e. The van der Waals surface area contributed by atoms with E-state index in [4.69, 9.17) is 4.18 Å². The van der Waals surface area contributed by atoms with E-state index in [9.17, 15) is 13.5 Å². The van der Waals surface area contributed by atoms with E-state index < -0.39 is 15.7 Å². The van der Waals surface area contributed by atoms with E-state index in [-0.39, 0.29) is 23.3 Å². The smallest absolute Gasteiger partial charge is 0.296 e. The van der Waals surface area contributed by atoms with Crippen molar-refractivity contribution in [1.29, 1.82) is 0 Å². The van der Waals surface area contributed by atoms with Crippen LogP contribution in [0.25, 0.3) is 6.08 Å². The lowest BCUT2D eigenvalue weighted by Gasteiger charge is -2.33. The average Bonchev–Trinajstić information content (AvgIpc) is 2.73. The van der Waals surface area contributed by atoms with Crippen LogP contribution in [-0.2, 0) is 19.9 Å². The summed E-state index contributed by atoms with van der Waals surface area (Å²) in [4.78, 5) is 0.120. The third kappa shape index (κ3) is 6.44. The van der Waals surface area contributed by atoms with Crippen molar-refractivity contribution in [1.82, 2.24) is 0 Å². The molecule has 4 nitrogen and oxygen atoms in total. The molecule has 0 aliphatic heterocycles. The molecule has 2 aromatic rings. The van der Waals surface area contributed by atoms with Crippen molar-refractivity contribution >= 4 is 16.2 Å². The summed E-state index contributed by atoms with van der Waals surface area (Å²) in [6.07, 6.45) is 8.02. The molecule has 1 unspecified atom stereocenters. The zero-order chi connectivity index (χ0) is 24.3. The highest BCUT2D eigenvalue weighted by Crippen LogP contribution is 2.41. The fourth-order valence-corrected chi connectivity index (χ4v) is 5.34. The molecule has 33 heavy (non-hydrogen) atoms. The Balaban J connectivity index is 1.69. The summed E-state index contributed by atoms with van der Waals surface area (Å²) in [6, 6.07) is 14.3. The molecule has 0 amide bonds. The Morgan fingerprint density at radius 1 is 1.09 bits per heavy atom. The van der Waals surface area contributed by atoms with Crippen LogP contribution in [0, 0.1) is 12.3 Å². The summed E-state index contributed by atoms with van der Waals surface area (Å²) in [6.45, 7) is 10.3. The summed E-state index contributed by atoms with van der Waals surface area (Å²) in [5.41, 5.74) is 4.49. The molecule has 0 saturated heterocycles. The molecule has 1 atom stereocenters. The van der Waals surface area contributed by atoms with Crippen molar-refractivity contribution in [3.8, 4) is 0 Å². The maximum Gasteiger partial charge on any atom is 0.296 e. The number of aryl methyl sites for hydroxylation is 1. The summed E-state index contributed by atoms with van der Waals surface area (Å²) < 4.78 is 30.0. The summed E-state index contributed by atoms with van der Waals surface area (Å²) >= 11 is 0. The SMILES string of the molecule is CC1=C(/C=C/c2cccc(C(C)(O)CCOS(=O)(=O)c3ccc(C)cc3)c2)C(C)(C)CCC1. The van der Waals surface area contributed by atoms with Gasteiger partial charge >= 0.3 is 0 Å². The van der Waals surface area contributed by atoms with Crippen LogP contribution in [0.4, 0.5) is 0 Å². The van der Waals surface area contributed by atoms with Gasteiger partial charge in [-0.1, -0.05) is 67.5 Å². The quantitative estimate of drug-likeness (QED) is 0.447. The highest BCUT2D eigenvalue weighted by Gasteiger charge is 2.27. The maximum absolute atomic E-state index is 12.4. The molecule has 1 aliphatic carbocycles. The van der Waals surface area contributed by atoms with Crippen LogP contribution in [0.1, 0.15) is 70.1 Å². The van der Waals surface area contributed by atoms with E-state index in [0.29, 0.717) is 0 Å². The van der Waals surface area contributed by atoms with E-state index in [0.717, 1.165) is 23.1 Å². The lowest BCUT2D eigenvalue weighted by Crippen LogP contribution is -2.24. The Bertz CT molecular complexity index is 1140. The molecule has 0 saturated carbocycles. The maximum atomic E-state index is 12.4. The second-order valence-corrected chi connectivity index (χ2v) is 11.6. The van der Waals surface area contributed by atoms with E-state index in [1.165, 1.54) is 36.1 Å². The van der Waals surface area contributed by atoms with Gasteiger partial charge in [0.25, 0.3) is 10.1 Å². The van der Waals surface area contributed by atoms with Crippen molar-refractivity contribution in [2.45, 2.75) is 70.8 Å². The predicted molar refractivity (Wildman–Crippen MR) is 134 cm³/mol. The molecule has 1 N–H and O–H groups in total. The Hall–Kier alpha value is -2.21. The molecule has 5 heteroatoms. The van der Waals surface area contributed by atoms with Crippen molar-refractivity contribution in [2.75, 3.05) is 6.61 Å². The van der Waals surface area contributed by atoms with Crippen LogP contribution in [0.15, 0.2) is 70.6 Å². The van der Waals surface area contributed by atoms with E-state index in [2.05, 4.69) is 32.9 Å². The van der Waals surface area contributed by atoms with Gasteiger partial charge in [0.15, 0.2) is 0 Å². The second-order valence-electron chi connectivity index (χ2n) is 10.0. The molecule has 3 rings (SSSR count). The molecule has 0 spiro atoms. The lowest BCUT2D eigenvalue weighted by molar-refractivity contribution is 0.0343. The molecule has 0 aromatic heterocycles. The number of aliphatic hydroxyl groups is 1. The van der Waals surface area contributed by atoms with Crippen LogP contribution in [0.2, 0.25) is 0 Å². The van der Waals surface area contributed by atoms with Crippen LogP contribution in [-0.4, -0.2) is 20.1 Å². The van der Waals surface area contributed by atoms with Crippen molar-refractivity contribution < 1.29 is 17.7 Å². The third-order valence-electron chi connectivity index (χ3n) is 6.63. The van der Waals surface area contributed by atoms with Gasteiger partial charge in [0, 0.05) is 6.42 Å². The first-order chi connectivity index (χ1) is 15.4. The first kappa shape index (κ1) is 25.4. The Kier molecular flexibility index (Phi) is 7.67. The van der Waals surface area contributed by atoms with Crippen molar-refractivity contribution in [2.24, 2.45) is 5.41 Å². The summed E-state index contributed by atoms with van der Waals surface area (Å²) in [5.74, 6) is 0. The number of allylic oxidation sites excluding steroid dienone is 3. The fraction of sp³-hybridized carbons (Fsp3) is 0.429. The van der Waals surface area contributed by atoms with Gasteiger partial charge in [-0.25, -0.2) is 0 Å². The second kappa shape index (κ2) is 9.96. The molecule has 0 heterocycles. The largest absolute Gasteiger partial charge is 0.385 e. The monoisotopic (exact) mass is 468 g/mol. The van der Waals surface area contributed by atoms with Crippen molar-refractivity contribution in [3.05, 3.63) is 82.4 Å². The number of hydrogen-bond donors (Lipinski definition) is 1. The van der Waals surface area contributed by atoms with Crippen LogP contribution < -0.4 is 0 Å². The van der Waals surface area contributed by atoms with Gasteiger partial charge in [-0.05, 0) is 80.3 Å². The average molecular weight is 469 g/mol. The third-order valence-corrected chi connectivity index (χ3v) is 7.96. The molecule has 1 aliphatic rings. The lowest BCUT2D eigenvalue weighted by atomic mass is 9.72. The fourth-order valence-electron chi connectivity index (χ4n) is 4.43. The Morgan fingerprint density at radius 3 is 2.45 bits per heavy atom. The van der Waals surface area contributed by atoms with Crippen molar-refractivity contribution in [3.63, 3.8) is 0 Å². The zero-order valence-corrected chi connectivity index (χ0v) is 21.2. The normalized spacial score (nSPS) is 18.5. The Morgan fingerprint density at radius 2 is 1.79 bits per heavy atom. The van der Waals surface area contributed by atoms with Gasteiger partial charge in [-0.2, -0.15) is 8.42 Å². The molecule has 0 fully saturated rings. The molecular formula is C28H36O4S. The highest BCUT2D eigenvalue weighted by molar-refractivity contribution is 7.86.